The predicted octanol–water partition coefficient (Wildman–Crippen LogP) is 3.26. The molecule has 0 fully saturated rings. The monoisotopic (exact) mass is 277 g/mol. The van der Waals surface area contributed by atoms with Crippen LogP contribution in [0.15, 0.2) is 46.9 Å². The smallest absolute Gasteiger partial charge is 0.337 e. The Bertz CT molecular complexity index is 871. The third-order valence-corrected chi connectivity index (χ3v) is 3.09. The summed E-state index contributed by atoms with van der Waals surface area (Å²) in [5.74, 6) is 2.62. The van der Waals surface area contributed by atoms with E-state index in [1.807, 2.05) is 24.3 Å². The molecule has 0 saturated carbocycles. The molecule has 0 amide bonds. The van der Waals surface area contributed by atoms with Gasteiger partial charge in [-0.15, -0.1) is 6.42 Å². The second-order valence-corrected chi connectivity index (χ2v) is 4.42. The number of esters is 1. The molecule has 3 aromatic rings. The van der Waals surface area contributed by atoms with Crippen LogP contribution >= 0.6 is 0 Å². The average molecular weight is 277 g/mol. The van der Waals surface area contributed by atoms with Gasteiger partial charge in [-0.2, -0.15) is 0 Å². The Hall–Kier alpha value is -3.06. The first-order chi connectivity index (χ1) is 10.2. The van der Waals surface area contributed by atoms with Crippen molar-refractivity contribution in [3.05, 3.63) is 53.6 Å². The first-order valence-corrected chi connectivity index (χ1v) is 6.27. The SMILES string of the molecule is C#Cc1cccc(-c2nc3ccc(C(=O)OC)cc3o2)c1. The highest BCUT2D eigenvalue weighted by Gasteiger charge is 2.12. The Labute approximate surface area is 121 Å². The van der Waals surface area contributed by atoms with E-state index in [0.717, 1.165) is 11.1 Å². The van der Waals surface area contributed by atoms with Crippen molar-refractivity contribution in [3.63, 3.8) is 0 Å². The highest BCUT2D eigenvalue weighted by Crippen LogP contribution is 2.25. The molecule has 2 aromatic carbocycles. The zero-order valence-electron chi connectivity index (χ0n) is 11.3. The van der Waals surface area contributed by atoms with Gasteiger partial charge >= 0.3 is 5.97 Å². The zero-order chi connectivity index (χ0) is 14.8. The van der Waals surface area contributed by atoms with Crippen LogP contribution < -0.4 is 0 Å². The molecule has 0 atom stereocenters. The minimum Gasteiger partial charge on any atom is -0.465 e. The first kappa shape index (κ1) is 12.9. The molecule has 0 aliphatic carbocycles. The molecule has 0 aliphatic heterocycles. The lowest BCUT2D eigenvalue weighted by atomic mass is 10.1. The number of carbonyl (C=O) groups is 1. The number of hydrogen-bond donors (Lipinski definition) is 0. The van der Waals surface area contributed by atoms with Crippen LogP contribution in [0.2, 0.25) is 0 Å². The number of aromatic nitrogens is 1. The van der Waals surface area contributed by atoms with Crippen molar-refractivity contribution in [1.29, 1.82) is 0 Å². The van der Waals surface area contributed by atoms with Crippen molar-refractivity contribution in [2.45, 2.75) is 0 Å². The molecule has 4 heteroatoms. The molecule has 1 aromatic heterocycles. The first-order valence-electron chi connectivity index (χ1n) is 6.27. The number of carbonyl (C=O) groups excluding carboxylic acids is 1. The summed E-state index contributed by atoms with van der Waals surface area (Å²) < 4.78 is 10.4. The minimum absolute atomic E-state index is 0.413. The maximum Gasteiger partial charge on any atom is 0.337 e. The van der Waals surface area contributed by atoms with Gasteiger partial charge in [-0.1, -0.05) is 12.0 Å². The number of terminal acetylenes is 1. The number of methoxy groups -OCH3 is 1. The van der Waals surface area contributed by atoms with Gasteiger partial charge < -0.3 is 9.15 Å². The summed E-state index contributed by atoms with van der Waals surface area (Å²) in [4.78, 5) is 15.9. The van der Waals surface area contributed by atoms with Crippen molar-refractivity contribution in [2.24, 2.45) is 0 Å². The number of hydrogen-bond acceptors (Lipinski definition) is 4. The molecule has 0 radical (unpaired) electrons. The lowest BCUT2D eigenvalue weighted by molar-refractivity contribution is 0.0601. The van der Waals surface area contributed by atoms with E-state index in [4.69, 9.17) is 10.8 Å². The van der Waals surface area contributed by atoms with E-state index in [1.54, 1.807) is 18.2 Å². The van der Waals surface area contributed by atoms with Crippen LogP contribution in [-0.2, 0) is 4.74 Å². The zero-order valence-corrected chi connectivity index (χ0v) is 11.3. The van der Waals surface area contributed by atoms with Gasteiger partial charge in [0.2, 0.25) is 5.89 Å². The Morgan fingerprint density at radius 1 is 1.29 bits per heavy atom. The summed E-state index contributed by atoms with van der Waals surface area (Å²) in [6.45, 7) is 0. The summed E-state index contributed by atoms with van der Waals surface area (Å²) in [5, 5.41) is 0. The topological polar surface area (TPSA) is 52.3 Å². The van der Waals surface area contributed by atoms with Crippen LogP contribution in [0, 0.1) is 12.3 Å². The van der Waals surface area contributed by atoms with Gasteiger partial charge in [0.05, 0.1) is 12.7 Å². The van der Waals surface area contributed by atoms with Crippen molar-refractivity contribution in [2.75, 3.05) is 7.11 Å². The maximum atomic E-state index is 11.5. The molecular weight excluding hydrogens is 266 g/mol. The lowest BCUT2D eigenvalue weighted by Gasteiger charge is -1.97. The van der Waals surface area contributed by atoms with Crippen LogP contribution in [0.5, 0.6) is 0 Å². The van der Waals surface area contributed by atoms with Gasteiger partial charge in [-0.05, 0) is 36.4 Å². The average Bonchev–Trinajstić information content (AvgIpc) is 2.97. The molecule has 0 aliphatic rings. The molecule has 21 heavy (non-hydrogen) atoms. The highest BCUT2D eigenvalue weighted by molar-refractivity contribution is 5.93. The fourth-order valence-corrected chi connectivity index (χ4v) is 2.03. The van der Waals surface area contributed by atoms with Crippen molar-refractivity contribution in [1.82, 2.24) is 4.98 Å². The fourth-order valence-electron chi connectivity index (χ4n) is 2.03. The summed E-state index contributed by atoms with van der Waals surface area (Å²) >= 11 is 0. The van der Waals surface area contributed by atoms with E-state index in [1.165, 1.54) is 7.11 Å². The maximum absolute atomic E-state index is 11.5. The number of benzene rings is 2. The molecule has 3 rings (SSSR count). The third kappa shape index (κ3) is 2.37. The van der Waals surface area contributed by atoms with E-state index in [9.17, 15) is 4.79 Å². The van der Waals surface area contributed by atoms with E-state index in [-0.39, 0.29) is 0 Å². The molecule has 0 saturated heterocycles. The Morgan fingerprint density at radius 3 is 2.90 bits per heavy atom. The molecule has 0 N–H and O–H groups in total. The third-order valence-electron chi connectivity index (χ3n) is 3.09. The quantitative estimate of drug-likeness (QED) is 0.533. The van der Waals surface area contributed by atoms with Crippen LogP contribution in [0.4, 0.5) is 0 Å². The normalized spacial score (nSPS) is 10.3. The van der Waals surface area contributed by atoms with Gasteiger partial charge in [-0.25, -0.2) is 9.78 Å². The van der Waals surface area contributed by atoms with Crippen molar-refractivity contribution < 1.29 is 13.9 Å². The Kier molecular flexibility index (Phi) is 3.17. The van der Waals surface area contributed by atoms with Crippen molar-refractivity contribution in [3.8, 4) is 23.8 Å². The van der Waals surface area contributed by atoms with E-state index < -0.39 is 5.97 Å². The second-order valence-electron chi connectivity index (χ2n) is 4.42. The van der Waals surface area contributed by atoms with Gasteiger partial charge in [0.25, 0.3) is 0 Å². The molecule has 0 spiro atoms. The molecule has 0 bridgehead atoms. The van der Waals surface area contributed by atoms with Gasteiger partial charge in [0.15, 0.2) is 5.58 Å². The Balaban J connectivity index is 2.08. The van der Waals surface area contributed by atoms with Gasteiger partial charge in [-0.3, -0.25) is 0 Å². The molecule has 4 nitrogen and oxygen atoms in total. The van der Waals surface area contributed by atoms with Gasteiger partial charge in [0.1, 0.15) is 5.52 Å². The van der Waals surface area contributed by atoms with Crippen LogP contribution in [0.1, 0.15) is 15.9 Å². The number of rotatable bonds is 2. The molecule has 102 valence electrons. The number of ether oxygens (including phenoxy) is 1. The Morgan fingerprint density at radius 2 is 2.14 bits per heavy atom. The van der Waals surface area contributed by atoms with E-state index in [2.05, 4.69) is 15.6 Å². The minimum atomic E-state index is -0.413. The second kappa shape index (κ2) is 5.14. The summed E-state index contributed by atoms with van der Waals surface area (Å²) in [5.41, 5.74) is 3.17. The van der Waals surface area contributed by atoms with Crippen LogP contribution in [0.3, 0.4) is 0 Å². The summed E-state index contributed by atoms with van der Waals surface area (Å²) in [7, 11) is 1.34. The predicted molar refractivity (Wildman–Crippen MR) is 78.7 cm³/mol. The van der Waals surface area contributed by atoms with Crippen LogP contribution in [-0.4, -0.2) is 18.1 Å². The lowest BCUT2D eigenvalue weighted by Crippen LogP contribution is -2.00. The standard InChI is InChI=1S/C17H11NO3/c1-3-11-5-4-6-12(9-11)16-18-14-8-7-13(17(19)20-2)10-15(14)21-16/h1,4-10H,2H3. The highest BCUT2D eigenvalue weighted by atomic mass is 16.5. The molecular formula is C17H11NO3. The van der Waals surface area contributed by atoms with Crippen LogP contribution in [0.25, 0.3) is 22.6 Å². The fraction of sp³-hybridized carbons (Fsp3) is 0.0588. The van der Waals surface area contributed by atoms with Gasteiger partial charge in [0, 0.05) is 11.1 Å². The van der Waals surface area contributed by atoms with E-state index in [0.29, 0.717) is 22.6 Å². The largest absolute Gasteiger partial charge is 0.465 e. The number of oxazole rings is 1. The number of fused-ring (bicyclic) bond motifs is 1. The number of nitrogens with zero attached hydrogens (tertiary/aromatic N) is 1. The summed E-state index contributed by atoms with van der Waals surface area (Å²) in [6.07, 6.45) is 5.39. The molecule has 1 heterocycles. The van der Waals surface area contributed by atoms with E-state index >= 15 is 0 Å². The van der Waals surface area contributed by atoms with Crippen molar-refractivity contribution >= 4 is 17.1 Å². The summed E-state index contributed by atoms with van der Waals surface area (Å²) in [6, 6.07) is 12.4. The molecule has 0 unspecified atom stereocenters.